The molecule has 0 amide bonds. The molecule has 3 rings (SSSR count). The zero-order chi connectivity index (χ0) is 13.9. The number of aryl methyl sites for hydroxylation is 2. The third-order valence-electron chi connectivity index (χ3n) is 3.67. The van der Waals surface area contributed by atoms with E-state index in [1.165, 1.54) is 28.8 Å². The van der Waals surface area contributed by atoms with Gasteiger partial charge in [-0.1, -0.05) is 29.8 Å². The zero-order valence-corrected chi connectivity index (χ0v) is 12.3. The van der Waals surface area contributed by atoms with Gasteiger partial charge in [0.25, 0.3) is 0 Å². The Bertz CT molecular complexity index is 687. The molecule has 0 N–H and O–H groups in total. The van der Waals surface area contributed by atoms with Gasteiger partial charge in [0.05, 0.1) is 5.56 Å². The van der Waals surface area contributed by atoms with Crippen LogP contribution in [0.2, 0.25) is 0 Å². The lowest BCUT2D eigenvalue weighted by Gasteiger charge is -2.09. The van der Waals surface area contributed by atoms with E-state index in [0.29, 0.717) is 0 Å². The second-order valence-corrected chi connectivity index (χ2v) is 6.26. The summed E-state index contributed by atoms with van der Waals surface area (Å²) in [6.45, 7) is 2.07. The van der Waals surface area contributed by atoms with E-state index < -0.39 is 0 Å². The fourth-order valence-corrected chi connectivity index (χ4v) is 3.73. The van der Waals surface area contributed by atoms with E-state index in [1.807, 2.05) is 6.21 Å². The van der Waals surface area contributed by atoms with Crippen LogP contribution in [0.5, 0.6) is 0 Å². The Balaban J connectivity index is 1.93. The lowest BCUT2D eigenvalue weighted by molar-refractivity contribution is 0.696. The summed E-state index contributed by atoms with van der Waals surface area (Å²) in [5.41, 5.74) is 4.37. The molecule has 20 heavy (non-hydrogen) atoms. The first-order valence-electron chi connectivity index (χ1n) is 6.93. The number of fused-ring (bicyclic) bond motifs is 1. The molecule has 2 aromatic rings. The average molecular weight is 280 g/mol. The monoisotopic (exact) mass is 280 g/mol. The molecular formula is C17H16N2S. The number of hydrogen-bond acceptors (Lipinski definition) is 3. The van der Waals surface area contributed by atoms with Crippen molar-refractivity contribution in [3.05, 3.63) is 51.4 Å². The summed E-state index contributed by atoms with van der Waals surface area (Å²) in [7, 11) is 0. The zero-order valence-electron chi connectivity index (χ0n) is 11.5. The highest BCUT2D eigenvalue weighted by Gasteiger charge is 2.19. The molecule has 0 bridgehead atoms. The average Bonchev–Trinajstić information content (AvgIpc) is 2.84. The fraction of sp³-hybridized carbons (Fsp3) is 0.294. The Morgan fingerprint density at radius 2 is 1.95 bits per heavy atom. The predicted molar refractivity (Wildman–Crippen MR) is 84.1 cm³/mol. The van der Waals surface area contributed by atoms with Gasteiger partial charge in [0.1, 0.15) is 11.1 Å². The molecule has 0 unspecified atom stereocenters. The van der Waals surface area contributed by atoms with Gasteiger partial charge < -0.3 is 0 Å². The largest absolute Gasteiger partial charge is 0.244 e. The minimum Gasteiger partial charge on any atom is -0.244 e. The van der Waals surface area contributed by atoms with Gasteiger partial charge in [-0.2, -0.15) is 5.26 Å². The Morgan fingerprint density at radius 1 is 1.20 bits per heavy atom. The van der Waals surface area contributed by atoms with Crippen LogP contribution in [0.25, 0.3) is 0 Å². The van der Waals surface area contributed by atoms with Crippen LogP contribution in [0.3, 0.4) is 0 Å². The van der Waals surface area contributed by atoms with Gasteiger partial charge in [0.15, 0.2) is 0 Å². The van der Waals surface area contributed by atoms with Gasteiger partial charge in [-0.25, -0.2) is 4.99 Å². The van der Waals surface area contributed by atoms with Gasteiger partial charge in [0.2, 0.25) is 0 Å². The van der Waals surface area contributed by atoms with Crippen LogP contribution < -0.4 is 0 Å². The van der Waals surface area contributed by atoms with Gasteiger partial charge >= 0.3 is 0 Å². The van der Waals surface area contributed by atoms with Crippen molar-refractivity contribution in [3.63, 3.8) is 0 Å². The first kappa shape index (κ1) is 13.1. The number of rotatable bonds is 2. The van der Waals surface area contributed by atoms with E-state index in [0.717, 1.165) is 29.0 Å². The van der Waals surface area contributed by atoms with Crippen LogP contribution in [0, 0.1) is 18.3 Å². The van der Waals surface area contributed by atoms with E-state index in [-0.39, 0.29) is 0 Å². The molecule has 0 saturated heterocycles. The van der Waals surface area contributed by atoms with Crippen molar-refractivity contribution in [2.24, 2.45) is 4.99 Å². The van der Waals surface area contributed by atoms with Crippen LogP contribution in [-0.4, -0.2) is 6.21 Å². The molecule has 2 nitrogen and oxygen atoms in total. The predicted octanol–water partition coefficient (Wildman–Crippen LogP) is 4.56. The first-order valence-corrected chi connectivity index (χ1v) is 7.75. The van der Waals surface area contributed by atoms with Crippen LogP contribution in [0.4, 0.5) is 5.00 Å². The number of benzene rings is 1. The standard InChI is InChI=1S/C17H16N2S/c1-12-6-8-13(9-7-12)11-19-17-15(10-18)14-4-2-3-5-16(14)20-17/h6-9,11H,2-5H2,1H3/b19-11-. The second-order valence-electron chi connectivity index (χ2n) is 5.17. The van der Waals surface area contributed by atoms with Crippen molar-refractivity contribution in [2.45, 2.75) is 32.6 Å². The molecule has 0 fully saturated rings. The molecule has 0 spiro atoms. The van der Waals surface area contributed by atoms with Crippen LogP contribution >= 0.6 is 11.3 Å². The molecule has 1 aliphatic carbocycles. The topological polar surface area (TPSA) is 36.1 Å². The first-order chi connectivity index (χ1) is 9.78. The summed E-state index contributed by atoms with van der Waals surface area (Å²) in [6.07, 6.45) is 6.43. The van der Waals surface area contributed by atoms with Gasteiger partial charge in [0, 0.05) is 11.1 Å². The summed E-state index contributed by atoms with van der Waals surface area (Å²) in [6, 6.07) is 10.6. The smallest absolute Gasteiger partial charge is 0.134 e. The van der Waals surface area contributed by atoms with Gasteiger partial charge in [-0.3, -0.25) is 0 Å². The maximum Gasteiger partial charge on any atom is 0.134 e. The SMILES string of the molecule is Cc1ccc(/C=N\c2sc3c(c2C#N)CCCC3)cc1. The van der Waals surface area contributed by atoms with Crippen molar-refractivity contribution in [1.29, 1.82) is 5.26 Å². The minimum atomic E-state index is 0.799. The summed E-state index contributed by atoms with van der Waals surface area (Å²) < 4.78 is 0. The summed E-state index contributed by atoms with van der Waals surface area (Å²) in [5.74, 6) is 0. The van der Waals surface area contributed by atoms with E-state index in [1.54, 1.807) is 11.3 Å². The third kappa shape index (κ3) is 2.52. The fourth-order valence-electron chi connectivity index (χ4n) is 2.54. The molecule has 1 aromatic heterocycles. The summed E-state index contributed by atoms with van der Waals surface area (Å²) in [4.78, 5) is 5.92. The lowest BCUT2D eigenvalue weighted by Crippen LogP contribution is -1.99. The molecular weight excluding hydrogens is 264 g/mol. The van der Waals surface area contributed by atoms with E-state index in [2.05, 4.69) is 42.3 Å². The highest BCUT2D eigenvalue weighted by Crippen LogP contribution is 2.39. The van der Waals surface area contributed by atoms with Gasteiger partial charge in [-0.05, 0) is 43.7 Å². The van der Waals surface area contributed by atoms with Crippen molar-refractivity contribution in [3.8, 4) is 6.07 Å². The van der Waals surface area contributed by atoms with E-state index >= 15 is 0 Å². The number of aliphatic imine (C=N–C) groups is 1. The highest BCUT2D eigenvalue weighted by molar-refractivity contribution is 7.16. The number of nitriles is 1. The molecule has 1 aliphatic rings. The van der Waals surface area contributed by atoms with Crippen molar-refractivity contribution in [2.75, 3.05) is 0 Å². The normalized spacial score (nSPS) is 14.2. The molecule has 1 aromatic carbocycles. The molecule has 3 heteroatoms. The molecule has 0 saturated carbocycles. The molecule has 1 heterocycles. The minimum absolute atomic E-state index is 0.799. The van der Waals surface area contributed by atoms with Crippen molar-refractivity contribution < 1.29 is 0 Å². The van der Waals surface area contributed by atoms with E-state index in [9.17, 15) is 5.26 Å². The third-order valence-corrected chi connectivity index (χ3v) is 4.87. The number of nitrogens with zero attached hydrogens (tertiary/aromatic N) is 2. The van der Waals surface area contributed by atoms with Gasteiger partial charge in [-0.15, -0.1) is 11.3 Å². The van der Waals surface area contributed by atoms with E-state index in [4.69, 9.17) is 0 Å². The van der Waals surface area contributed by atoms with Crippen molar-refractivity contribution >= 4 is 22.6 Å². The number of thiophene rings is 1. The maximum atomic E-state index is 9.38. The maximum absolute atomic E-state index is 9.38. The van der Waals surface area contributed by atoms with Crippen molar-refractivity contribution in [1.82, 2.24) is 0 Å². The van der Waals surface area contributed by atoms with Crippen LogP contribution in [0.15, 0.2) is 29.3 Å². The summed E-state index contributed by atoms with van der Waals surface area (Å²) in [5, 5.41) is 10.3. The Kier molecular flexibility index (Phi) is 3.66. The molecule has 0 radical (unpaired) electrons. The molecule has 0 atom stereocenters. The quantitative estimate of drug-likeness (QED) is 0.743. The lowest BCUT2D eigenvalue weighted by atomic mass is 9.96. The van der Waals surface area contributed by atoms with Crippen LogP contribution in [0.1, 0.15) is 40.0 Å². The summed E-state index contributed by atoms with van der Waals surface area (Å²) >= 11 is 1.69. The number of hydrogen-bond donors (Lipinski definition) is 0. The Labute approximate surface area is 123 Å². The Hall–Kier alpha value is -1.92. The highest BCUT2D eigenvalue weighted by atomic mass is 32.1. The molecule has 100 valence electrons. The second kappa shape index (κ2) is 5.60. The Morgan fingerprint density at radius 3 is 2.70 bits per heavy atom. The van der Waals surface area contributed by atoms with Crippen LogP contribution in [-0.2, 0) is 12.8 Å². The molecule has 0 aliphatic heterocycles.